The van der Waals surface area contributed by atoms with Crippen molar-refractivity contribution in [2.75, 3.05) is 12.4 Å². The van der Waals surface area contributed by atoms with Crippen LogP contribution in [0, 0.1) is 0 Å². The summed E-state index contributed by atoms with van der Waals surface area (Å²) >= 11 is 1.70. The maximum absolute atomic E-state index is 12.3. The fraction of sp³-hybridized carbons (Fsp3) is 0.150. The lowest BCUT2D eigenvalue weighted by Crippen LogP contribution is -2.22. The maximum atomic E-state index is 12.3. The molecule has 0 fully saturated rings. The van der Waals surface area contributed by atoms with Gasteiger partial charge in [-0.3, -0.25) is 4.79 Å². The molecule has 0 aliphatic carbocycles. The summed E-state index contributed by atoms with van der Waals surface area (Å²) in [4.78, 5) is 13.5. The van der Waals surface area contributed by atoms with E-state index in [0.29, 0.717) is 6.42 Å². The molecule has 1 amide bonds. The molecule has 0 saturated carbocycles. The first-order valence-electron chi connectivity index (χ1n) is 7.87. The minimum Gasteiger partial charge on any atom is -0.496 e. The number of hydrogen-bond acceptors (Lipinski definition) is 3. The van der Waals surface area contributed by atoms with Gasteiger partial charge in [-0.2, -0.15) is 0 Å². The van der Waals surface area contributed by atoms with Crippen molar-refractivity contribution in [2.45, 2.75) is 12.3 Å². The fourth-order valence-corrected chi connectivity index (χ4v) is 4.41. The molecule has 1 aromatic heterocycles. The summed E-state index contributed by atoms with van der Waals surface area (Å²) in [6, 6.07) is 18.1. The van der Waals surface area contributed by atoms with Crippen LogP contribution in [0.1, 0.15) is 22.8 Å². The first-order chi connectivity index (χ1) is 11.8. The molecule has 3 nitrogen and oxygen atoms in total. The summed E-state index contributed by atoms with van der Waals surface area (Å²) in [5.74, 6) is 0.916. The first kappa shape index (κ1) is 15.0. The van der Waals surface area contributed by atoms with E-state index in [2.05, 4.69) is 22.8 Å². The van der Waals surface area contributed by atoms with E-state index in [0.717, 1.165) is 28.1 Å². The lowest BCUT2D eigenvalue weighted by atomic mass is 9.88. The van der Waals surface area contributed by atoms with Gasteiger partial charge >= 0.3 is 0 Å². The van der Waals surface area contributed by atoms with Crippen LogP contribution >= 0.6 is 11.3 Å². The van der Waals surface area contributed by atoms with E-state index in [1.54, 1.807) is 18.4 Å². The Balaban J connectivity index is 1.84. The van der Waals surface area contributed by atoms with Crippen LogP contribution in [0.5, 0.6) is 5.75 Å². The van der Waals surface area contributed by atoms with Crippen molar-refractivity contribution < 1.29 is 9.53 Å². The highest BCUT2D eigenvalue weighted by Gasteiger charge is 2.31. The lowest BCUT2D eigenvalue weighted by Gasteiger charge is -2.25. The van der Waals surface area contributed by atoms with E-state index in [1.807, 2.05) is 42.5 Å². The third-order valence-electron chi connectivity index (χ3n) is 4.39. The molecule has 2 aromatic carbocycles. The number of fused-ring (bicyclic) bond motifs is 1. The number of amides is 1. The minimum atomic E-state index is 0.0346. The van der Waals surface area contributed by atoms with Gasteiger partial charge in [-0.25, -0.2) is 0 Å². The molecule has 1 N–H and O–H groups in total. The van der Waals surface area contributed by atoms with Crippen LogP contribution in [0.15, 0.2) is 60.0 Å². The number of para-hydroxylation sites is 1. The van der Waals surface area contributed by atoms with Crippen LogP contribution in [0.3, 0.4) is 0 Å². The smallest absolute Gasteiger partial charge is 0.225 e. The van der Waals surface area contributed by atoms with Crippen molar-refractivity contribution in [1.82, 2.24) is 0 Å². The van der Waals surface area contributed by atoms with E-state index in [-0.39, 0.29) is 11.8 Å². The Morgan fingerprint density at radius 1 is 1.08 bits per heavy atom. The average Bonchev–Trinajstić information content (AvgIpc) is 3.05. The van der Waals surface area contributed by atoms with Gasteiger partial charge in [-0.05, 0) is 11.6 Å². The second kappa shape index (κ2) is 6.13. The third kappa shape index (κ3) is 2.49. The summed E-state index contributed by atoms with van der Waals surface area (Å²) in [7, 11) is 1.67. The molecule has 24 heavy (non-hydrogen) atoms. The van der Waals surface area contributed by atoms with Gasteiger partial charge in [0.2, 0.25) is 5.91 Å². The molecule has 1 unspecified atom stereocenters. The predicted molar refractivity (Wildman–Crippen MR) is 97.8 cm³/mol. The number of anilines is 1. The quantitative estimate of drug-likeness (QED) is 0.739. The highest BCUT2D eigenvalue weighted by Crippen LogP contribution is 2.48. The molecule has 120 valence electrons. The lowest BCUT2D eigenvalue weighted by molar-refractivity contribution is -0.116. The van der Waals surface area contributed by atoms with Crippen molar-refractivity contribution in [3.63, 3.8) is 0 Å². The van der Waals surface area contributed by atoms with E-state index in [9.17, 15) is 4.79 Å². The molecule has 0 spiro atoms. The molecular weight excluding hydrogens is 318 g/mol. The van der Waals surface area contributed by atoms with Gasteiger partial charge in [-0.1, -0.05) is 48.5 Å². The number of rotatable bonds is 3. The van der Waals surface area contributed by atoms with Crippen molar-refractivity contribution in [3.05, 3.63) is 70.4 Å². The highest BCUT2D eigenvalue weighted by atomic mass is 32.1. The largest absolute Gasteiger partial charge is 0.496 e. The summed E-state index contributed by atoms with van der Waals surface area (Å²) in [6.45, 7) is 0. The monoisotopic (exact) mass is 335 g/mol. The highest BCUT2D eigenvalue weighted by molar-refractivity contribution is 7.11. The summed E-state index contributed by atoms with van der Waals surface area (Å²) in [5, 5.41) is 5.21. The van der Waals surface area contributed by atoms with Crippen molar-refractivity contribution in [1.29, 1.82) is 0 Å². The Bertz CT molecular complexity index is 886. The number of ether oxygens (including phenoxy) is 1. The van der Waals surface area contributed by atoms with E-state index >= 15 is 0 Å². The molecular formula is C20H17NO2S. The molecule has 1 aliphatic rings. The SMILES string of the molecule is COc1ccccc1C1CC(=O)Nc2c(-c3ccccc3)csc21. The molecule has 4 rings (SSSR count). The van der Waals surface area contributed by atoms with Crippen molar-refractivity contribution >= 4 is 22.9 Å². The number of methoxy groups -OCH3 is 1. The molecule has 3 aromatic rings. The van der Waals surface area contributed by atoms with Crippen LogP contribution in [-0.2, 0) is 4.79 Å². The van der Waals surface area contributed by atoms with Crippen LogP contribution < -0.4 is 10.1 Å². The molecule has 4 heteroatoms. The minimum absolute atomic E-state index is 0.0346. The van der Waals surface area contributed by atoms with Gasteiger partial charge < -0.3 is 10.1 Å². The third-order valence-corrected chi connectivity index (χ3v) is 5.49. The topological polar surface area (TPSA) is 38.3 Å². The number of carbonyl (C=O) groups is 1. The number of hydrogen-bond donors (Lipinski definition) is 1. The summed E-state index contributed by atoms with van der Waals surface area (Å²) in [6.07, 6.45) is 0.447. The number of nitrogens with one attached hydrogen (secondary N) is 1. The first-order valence-corrected chi connectivity index (χ1v) is 8.75. The number of benzene rings is 2. The van der Waals surface area contributed by atoms with Gasteiger partial charge in [0.1, 0.15) is 5.75 Å². The van der Waals surface area contributed by atoms with Gasteiger partial charge in [0.05, 0.1) is 12.8 Å². The van der Waals surface area contributed by atoms with Crippen LogP contribution in [-0.4, -0.2) is 13.0 Å². The Hall–Kier alpha value is -2.59. The van der Waals surface area contributed by atoms with E-state index in [4.69, 9.17) is 4.74 Å². The Morgan fingerprint density at radius 3 is 2.62 bits per heavy atom. The van der Waals surface area contributed by atoms with Gasteiger partial charge in [0.25, 0.3) is 0 Å². The van der Waals surface area contributed by atoms with E-state index in [1.165, 1.54) is 4.88 Å². The predicted octanol–water partition coefficient (Wildman–Crippen LogP) is 4.90. The standard InChI is InChI=1S/C20H17NO2S/c1-23-17-10-6-5-9-14(17)15-11-18(22)21-19-16(12-24-20(15)19)13-7-3-2-4-8-13/h2-10,12,15H,11H2,1H3,(H,21,22). The van der Waals surface area contributed by atoms with Crippen molar-refractivity contribution in [2.24, 2.45) is 0 Å². The number of thiophene rings is 1. The zero-order chi connectivity index (χ0) is 16.5. The molecule has 1 aliphatic heterocycles. The van der Waals surface area contributed by atoms with Crippen LogP contribution in [0.4, 0.5) is 5.69 Å². The average molecular weight is 335 g/mol. The molecule has 0 radical (unpaired) electrons. The molecule has 0 bridgehead atoms. The van der Waals surface area contributed by atoms with Gasteiger partial charge in [0, 0.05) is 33.7 Å². The summed E-state index contributed by atoms with van der Waals surface area (Å²) in [5.41, 5.74) is 4.22. The second-order valence-electron chi connectivity index (χ2n) is 5.80. The Kier molecular flexibility index (Phi) is 3.82. The fourth-order valence-electron chi connectivity index (χ4n) is 3.26. The molecule has 2 heterocycles. The van der Waals surface area contributed by atoms with Crippen LogP contribution in [0.2, 0.25) is 0 Å². The normalized spacial score (nSPS) is 16.4. The Morgan fingerprint density at radius 2 is 1.83 bits per heavy atom. The zero-order valence-corrected chi connectivity index (χ0v) is 14.1. The second-order valence-corrected chi connectivity index (χ2v) is 6.71. The molecule has 0 saturated heterocycles. The maximum Gasteiger partial charge on any atom is 0.225 e. The summed E-state index contributed by atoms with van der Waals surface area (Å²) < 4.78 is 5.51. The zero-order valence-electron chi connectivity index (χ0n) is 13.3. The van der Waals surface area contributed by atoms with Crippen molar-refractivity contribution in [3.8, 4) is 16.9 Å². The van der Waals surface area contributed by atoms with Gasteiger partial charge in [-0.15, -0.1) is 11.3 Å². The number of carbonyl (C=O) groups excluding carboxylic acids is 1. The Labute approximate surface area is 144 Å². The molecule has 1 atom stereocenters. The van der Waals surface area contributed by atoms with E-state index < -0.39 is 0 Å². The van der Waals surface area contributed by atoms with Crippen LogP contribution in [0.25, 0.3) is 11.1 Å². The van der Waals surface area contributed by atoms with Gasteiger partial charge in [0.15, 0.2) is 0 Å².